The van der Waals surface area contributed by atoms with Gasteiger partial charge in [-0.2, -0.15) is 0 Å². The number of rotatable bonds is 7. The topological polar surface area (TPSA) is 47.6 Å². The highest BCUT2D eigenvalue weighted by atomic mass is 16.5. The van der Waals surface area contributed by atoms with Gasteiger partial charge >= 0.3 is 0 Å². The van der Waals surface area contributed by atoms with E-state index in [1.54, 1.807) is 13.2 Å². The standard InChI is InChI=1S/C21H27NO3/c1-6-20(25-19-9-7-8-18(13-19)24-5)21(23)22-16(4)17-11-10-14(2)15(3)12-17/h7-13,16,20H,6H2,1-5H3,(H,22,23)/t16-,20-/m0/s1. The molecule has 0 radical (unpaired) electrons. The number of amides is 1. The predicted octanol–water partition coefficient (Wildman–Crippen LogP) is 4.35. The molecule has 0 heterocycles. The summed E-state index contributed by atoms with van der Waals surface area (Å²) < 4.78 is 11.0. The lowest BCUT2D eigenvalue weighted by atomic mass is 10.0. The molecular weight excluding hydrogens is 314 g/mol. The third kappa shape index (κ3) is 4.99. The Kier molecular flexibility index (Phi) is 6.45. The van der Waals surface area contributed by atoms with Crippen LogP contribution >= 0.6 is 0 Å². The van der Waals surface area contributed by atoms with E-state index in [-0.39, 0.29) is 11.9 Å². The average molecular weight is 341 g/mol. The molecule has 0 unspecified atom stereocenters. The van der Waals surface area contributed by atoms with E-state index in [9.17, 15) is 4.79 Å². The summed E-state index contributed by atoms with van der Waals surface area (Å²) in [6.45, 7) is 8.08. The fourth-order valence-corrected chi connectivity index (χ4v) is 2.58. The highest BCUT2D eigenvalue weighted by Gasteiger charge is 2.21. The van der Waals surface area contributed by atoms with Crippen molar-refractivity contribution in [2.24, 2.45) is 0 Å². The van der Waals surface area contributed by atoms with Crippen LogP contribution in [0.15, 0.2) is 42.5 Å². The number of carbonyl (C=O) groups excluding carboxylic acids is 1. The molecule has 4 nitrogen and oxygen atoms in total. The van der Waals surface area contributed by atoms with Crippen molar-refractivity contribution in [2.45, 2.75) is 46.3 Å². The minimum absolute atomic E-state index is 0.0743. The summed E-state index contributed by atoms with van der Waals surface area (Å²) in [7, 11) is 1.61. The van der Waals surface area contributed by atoms with Gasteiger partial charge in [0.05, 0.1) is 13.2 Å². The zero-order chi connectivity index (χ0) is 18.4. The number of nitrogens with one attached hydrogen (secondary N) is 1. The Morgan fingerprint density at radius 2 is 1.80 bits per heavy atom. The van der Waals surface area contributed by atoms with Gasteiger partial charge < -0.3 is 14.8 Å². The minimum atomic E-state index is -0.541. The summed E-state index contributed by atoms with van der Waals surface area (Å²) in [4.78, 5) is 12.6. The van der Waals surface area contributed by atoms with E-state index in [0.29, 0.717) is 17.9 Å². The highest BCUT2D eigenvalue weighted by Crippen LogP contribution is 2.21. The molecule has 2 aromatic carbocycles. The van der Waals surface area contributed by atoms with E-state index >= 15 is 0 Å². The van der Waals surface area contributed by atoms with Gasteiger partial charge in [0.1, 0.15) is 11.5 Å². The molecule has 0 saturated heterocycles. The quantitative estimate of drug-likeness (QED) is 0.814. The SMILES string of the molecule is CC[C@H](Oc1cccc(OC)c1)C(=O)N[C@@H](C)c1ccc(C)c(C)c1. The molecule has 2 aromatic rings. The molecule has 0 aliphatic heterocycles. The monoisotopic (exact) mass is 341 g/mol. The van der Waals surface area contributed by atoms with Gasteiger partial charge in [-0.05, 0) is 56.0 Å². The van der Waals surface area contributed by atoms with Crippen molar-refractivity contribution in [3.63, 3.8) is 0 Å². The maximum atomic E-state index is 12.6. The van der Waals surface area contributed by atoms with Crippen molar-refractivity contribution < 1.29 is 14.3 Å². The van der Waals surface area contributed by atoms with Crippen LogP contribution in [-0.2, 0) is 4.79 Å². The molecule has 25 heavy (non-hydrogen) atoms. The van der Waals surface area contributed by atoms with Crippen LogP contribution in [0.2, 0.25) is 0 Å². The summed E-state index contributed by atoms with van der Waals surface area (Å²) in [5, 5.41) is 3.05. The lowest BCUT2D eigenvalue weighted by Crippen LogP contribution is -2.39. The van der Waals surface area contributed by atoms with Crippen LogP contribution in [0.5, 0.6) is 11.5 Å². The van der Waals surface area contributed by atoms with Crippen molar-refractivity contribution in [3.8, 4) is 11.5 Å². The zero-order valence-corrected chi connectivity index (χ0v) is 15.6. The Hall–Kier alpha value is -2.49. The van der Waals surface area contributed by atoms with E-state index in [1.165, 1.54) is 11.1 Å². The maximum Gasteiger partial charge on any atom is 0.261 e. The van der Waals surface area contributed by atoms with Crippen molar-refractivity contribution in [1.82, 2.24) is 5.32 Å². The van der Waals surface area contributed by atoms with Gasteiger partial charge in [0, 0.05) is 6.07 Å². The lowest BCUT2D eigenvalue weighted by Gasteiger charge is -2.21. The Labute approximate surface area is 150 Å². The minimum Gasteiger partial charge on any atom is -0.497 e. The molecule has 0 aliphatic carbocycles. The van der Waals surface area contributed by atoms with E-state index in [0.717, 1.165) is 5.56 Å². The molecule has 134 valence electrons. The van der Waals surface area contributed by atoms with Gasteiger partial charge in [0.15, 0.2) is 6.10 Å². The second kappa shape index (κ2) is 8.56. The number of ether oxygens (including phenoxy) is 2. The molecule has 2 atom stereocenters. The second-order valence-electron chi connectivity index (χ2n) is 6.27. The molecule has 0 spiro atoms. The number of hydrogen-bond donors (Lipinski definition) is 1. The maximum absolute atomic E-state index is 12.6. The summed E-state index contributed by atoms with van der Waals surface area (Å²) in [5.41, 5.74) is 3.56. The van der Waals surface area contributed by atoms with Crippen molar-refractivity contribution in [3.05, 3.63) is 59.2 Å². The number of methoxy groups -OCH3 is 1. The number of carbonyl (C=O) groups is 1. The second-order valence-corrected chi connectivity index (χ2v) is 6.27. The average Bonchev–Trinajstić information content (AvgIpc) is 2.61. The van der Waals surface area contributed by atoms with Crippen molar-refractivity contribution >= 4 is 5.91 Å². The molecular formula is C21H27NO3. The first-order valence-electron chi connectivity index (χ1n) is 8.62. The van der Waals surface area contributed by atoms with Gasteiger partial charge in [-0.15, -0.1) is 0 Å². The van der Waals surface area contributed by atoms with Crippen LogP contribution in [0.3, 0.4) is 0 Å². The summed E-state index contributed by atoms with van der Waals surface area (Å²) >= 11 is 0. The molecule has 0 bridgehead atoms. The van der Waals surface area contributed by atoms with Gasteiger partial charge in [0.2, 0.25) is 0 Å². The summed E-state index contributed by atoms with van der Waals surface area (Å²) in [6, 6.07) is 13.5. The third-order valence-electron chi connectivity index (χ3n) is 4.37. The Morgan fingerprint density at radius 3 is 2.44 bits per heavy atom. The molecule has 4 heteroatoms. The van der Waals surface area contributed by atoms with Gasteiger partial charge in [-0.3, -0.25) is 4.79 Å². The van der Waals surface area contributed by atoms with Crippen LogP contribution < -0.4 is 14.8 Å². The van der Waals surface area contributed by atoms with Crippen molar-refractivity contribution in [2.75, 3.05) is 7.11 Å². The Morgan fingerprint density at radius 1 is 1.08 bits per heavy atom. The third-order valence-corrected chi connectivity index (χ3v) is 4.37. The Bertz CT molecular complexity index is 727. The van der Waals surface area contributed by atoms with E-state index < -0.39 is 6.10 Å². The van der Waals surface area contributed by atoms with Gasteiger partial charge in [-0.25, -0.2) is 0 Å². The largest absolute Gasteiger partial charge is 0.497 e. The van der Waals surface area contributed by atoms with Crippen LogP contribution in [0.4, 0.5) is 0 Å². The molecule has 0 aromatic heterocycles. The Balaban J connectivity index is 2.04. The highest BCUT2D eigenvalue weighted by molar-refractivity contribution is 5.81. The number of benzene rings is 2. The first-order valence-corrected chi connectivity index (χ1v) is 8.62. The first-order chi connectivity index (χ1) is 11.9. The fourth-order valence-electron chi connectivity index (χ4n) is 2.58. The fraction of sp³-hybridized carbons (Fsp3) is 0.381. The number of hydrogen-bond acceptors (Lipinski definition) is 3. The molecule has 0 saturated carbocycles. The van der Waals surface area contributed by atoms with E-state index in [2.05, 4.69) is 37.4 Å². The zero-order valence-electron chi connectivity index (χ0n) is 15.6. The molecule has 1 amide bonds. The first kappa shape index (κ1) is 18.8. The van der Waals surface area contributed by atoms with Crippen LogP contribution in [-0.4, -0.2) is 19.1 Å². The van der Waals surface area contributed by atoms with E-state index in [4.69, 9.17) is 9.47 Å². The molecule has 0 fully saturated rings. The molecule has 1 N–H and O–H groups in total. The summed E-state index contributed by atoms with van der Waals surface area (Å²) in [5.74, 6) is 1.22. The van der Waals surface area contributed by atoms with Gasteiger partial charge in [0.25, 0.3) is 5.91 Å². The van der Waals surface area contributed by atoms with Crippen molar-refractivity contribution in [1.29, 1.82) is 0 Å². The van der Waals surface area contributed by atoms with Crippen LogP contribution in [0, 0.1) is 13.8 Å². The summed E-state index contributed by atoms with van der Waals surface area (Å²) in [6.07, 6.45) is 0.0454. The normalized spacial score (nSPS) is 13.0. The molecule has 0 aliphatic rings. The van der Waals surface area contributed by atoms with Crippen LogP contribution in [0.1, 0.15) is 43.0 Å². The smallest absolute Gasteiger partial charge is 0.261 e. The molecule has 2 rings (SSSR count). The van der Waals surface area contributed by atoms with Gasteiger partial charge in [-0.1, -0.05) is 31.2 Å². The van der Waals surface area contributed by atoms with E-state index in [1.807, 2.05) is 32.0 Å². The number of aryl methyl sites for hydroxylation is 2. The van der Waals surface area contributed by atoms with Crippen LogP contribution in [0.25, 0.3) is 0 Å². The predicted molar refractivity (Wildman–Crippen MR) is 100 cm³/mol. The lowest BCUT2D eigenvalue weighted by molar-refractivity contribution is -0.128.